The van der Waals surface area contributed by atoms with Crippen LogP contribution in [0.4, 0.5) is 5.69 Å². The van der Waals surface area contributed by atoms with Gasteiger partial charge in [0.1, 0.15) is 0 Å². The Morgan fingerprint density at radius 2 is 1.65 bits per heavy atom. The zero-order valence-electron chi connectivity index (χ0n) is 22.1. The van der Waals surface area contributed by atoms with E-state index in [9.17, 15) is 9.59 Å². The van der Waals surface area contributed by atoms with Crippen LogP contribution in [-0.2, 0) is 11.3 Å². The number of nitrogens with zero attached hydrogens (tertiary/aromatic N) is 5. The molecule has 1 aromatic heterocycles. The molecule has 2 heterocycles. The van der Waals surface area contributed by atoms with Crippen LogP contribution in [0.5, 0.6) is 0 Å². The summed E-state index contributed by atoms with van der Waals surface area (Å²) in [5.74, 6) is 1.11. The number of nitrogens with one attached hydrogen (secondary N) is 1. The van der Waals surface area contributed by atoms with E-state index in [2.05, 4.69) is 46.4 Å². The Kier molecular flexibility index (Phi) is 8.87. The van der Waals surface area contributed by atoms with Crippen molar-refractivity contribution in [2.45, 2.75) is 45.4 Å². The number of para-hydroxylation sites is 1. The highest BCUT2D eigenvalue weighted by molar-refractivity contribution is 7.99. The van der Waals surface area contributed by atoms with Crippen molar-refractivity contribution in [3.8, 4) is 0 Å². The van der Waals surface area contributed by atoms with Gasteiger partial charge in [-0.25, -0.2) is 0 Å². The van der Waals surface area contributed by atoms with E-state index in [1.807, 2.05) is 65.8 Å². The average molecular weight is 521 g/mol. The minimum Gasteiger partial charge on any atom is -0.368 e. The molecule has 9 heteroatoms. The van der Waals surface area contributed by atoms with Gasteiger partial charge in [-0.1, -0.05) is 61.5 Å². The third-order valence-electron chi connectivity index (χ3n) is 6.69. The van der Waals surface area contributed by atoms with Crippen LogP contribution in [0.3, 0.4) is 0 Å². The Morgan fingerprint density at radius 3 is 2.27 bits per heavy atom. The highest BCUT2D eigenvalue weighted by atomic mass is 32.2. The second-order valence-corrected chi connectivity index (χ2v) is 10.6. The average Bonchev–Trinajstić information content (AvgIpc) is 3.33. The molecule has 0 radical (unpaired) electrons. The maximum absolute atomic E-state index is 13.0. The van der Waals surface area contributed by atoms with E-state index in [0.717, 1.165) is 18.7 Å². The number of hydrogen-bond acceptors (Lipinski definition) is 6. The van der Waals surface area contributed by atoms with Gasteiger partial charge in [0.05, 0.1) is 11.8 Å². The molecule has 4 rings (SSSR count). The molecule has 1 aliphatic heterocycles. The first-order chi connectivity index (χ1) is 17.9. The molecule has 8 nitrogen and oxygen atoms in total. The number of amides is 2. The second kappa shape index (κ2) is 12.3. The molecule has 1 unspecified atom stereocenters. The van der Waals surface area contributed by atoms with E-state index < -0.39 is 0 Å². The van der Waals surface area contributed by atoms with Crippen LogP contribution >= 0.6 is 11.8 Å². The zero-order valence-corrected chi connectivity index (χ0v) is 22.9. The summed E-state index contributed by atoms with van der Waals surface area (Å²) >= 11 is 1.41. The van der Waals surface area contributed by atoms with E-state index >= 15 is 0 Å². The molecule has 1 atom stereocenters. The van der Waals surface area contributed by atoms with Crippen LogP contribution in [0.25, 0.3) is 0 Å². The fourth-order valence-corrected chi connectivity index (χ4v) is 5.38. The summed E-state index contributed by atoms with van der Waals surface area (Å²) in [5.41, 5.74) is 2.92. The minimum atomic E-state index is -0.294. The summed E-state index contributed by atoms with van der Waals surface area (Å²) in [6.45, 7) is 11.9. The van der Waals surface area contributed by atoms with Crippen molar-refractivity contribution in [3.63, 3.8) is 0 Å². The Balaban J connectivity index is 1.37. The van der Waals surface area contributed by atoms with Crippen molar-refractivity contribution in [2.24, 2.45) is 5.92 Å². The normalized spacial score (nSPS) is 14.6. The first-order valence-corrected chi connectivity index (χ1v) is 13.9. The summed E-state index contributed by atoms with van der Waals surface area (Å²) in [5, 5.41) is 12.7. The van der Waals surface area contributed by atoms with Gasteiger partial charge < -0.3 is 19.7 Å². The van der Waals surface area contributed by atoms with Crippen molar-refractivity contribution in [2.75, 3.05) is 36.8 Å². The fourth-order valence-electron chi connectivity index (χ4n) is 4.46. The SMILES string of the molecule is CCn1c(SCC(=O)N2CCN(c3ccccc3)CC2)nnc1C(NC(=O)c1ccc(C)cc1)C(C)C. The molecule has 2 amide bonds. The van der Waals surface area contributed by atoms with E-state index in [1.54, 1.807) is 0 Å². The van der Waals surface area contributed by atoms with E-state index in [0.29, 0.717) is 41.9 Å². The molecular formula is C28H36N6O2S. The lowest BCUT2D eigenvalue weighted by Gasteiger charge is -2.36. The van der Waals surface area contributed by atoms with Gasteiger partial charge in [-0.2, -0.15) is 0 Å². The monoisotopic (exact) mass is 520 g/mol. The van der Waals surface area contributed by atoms with Gasteiger partial charge in [-0.15, -0.1) is 10.2 Å². The molecule has 1 aliphatic rings. The molecule has 0 saturated carbocycles. The number of anilines is 1. The van der Waals surface area contributed by atoms with Gasteiger partial charge in [0.25, 0.3) is 5.91 Å². The number of aromatic nitrogens is 3. The maximum atomic E-state index is 13.0. The van der Waals surface area contributed by atoms with Crippen LogP contribution in [0.2, 0.25) is 0 Å². The molecule has 3 aromatic rings. The number of carbonyl (C=O) groups is 2. The van der Waals surface area contributed by atoms with Crippen LogP contribution in [0.15, 0.2) is 59.8 Å². The third kappa shape index (κ3) is 6.52. The number of thioether (sulfide) groups is 1. The van der Waals surface area contributed by atoms with E-state index in [1.165, 1.54) is 17.4 Å². The quantitative estimate of drug-likeness (QED) is 0.427. The summed E-state index contributed by atoms with van der Waals surface area (Å²) in [6, 6.07) is 17.5. The van der Waals surface area contributed by atoms with Crippen LogP contribution in [0.1, 0.15) is 48.6 Å². The largest absolute Gasteiger partial charge is 0.368 e. The molecule has 37 heavy (non-hydrogen) atoms. The van der Waals surface area contributed by atoms with Crippen molar-refractivity contribution in [3.05, 3.63) is 71.5 Å². The number of carbonyl (C=O) groups excluding carboxylic acids is 2. The van der Waals surface area contributed by atoms with Gasteiger partial charge in [-0.3, -0.25) is 9.59 Å². The Bertz CT molecular complexity index is 1190. The summed E-state index contributed by atoms with van der Waals surface area (Å²) in [7, 11) is 0. The van der Waals surface area contributed by atoms with Crippen LogP contribution in [-0.4, -0.2) is 63.4 Å². The standard InChI is InChI=1S/C28H36N6O2S/c1-5-34-26(25(20(2)3)29-27(36)22-13-11-21(4)12-14-22)30-31-28(34)37-19-24(35)33-17-15-32(16-18-33)23-9-7-6-8-10-23/h6-14,20,25H,5,15-19H2,1-4H3,(H,29,36). The molecule has 0 spiro atoms. The predicted molar refractivity (Wildman–Crippen MR) is 148 cm³/mol. The molecule has 1 N–H and O–H groups in total. The molecule has 1 saturated heterocycles. The summed E-state index contributed by atoms with van der Waals surface area (Å²) in [4.78, 5) is 30.1. The summed E-state index contributed by atoms with van der Waals surface area (Å²) in [6.07, 6.45) is 0. The van der Waals surface area contributed by atoms with Crippen molar-refractivity contribution in [1.82, 2.24) is 25.0 Å². The fraction of sp³-hybridized carbons (Fsp3) is 0.429. The molecule has 0 aliphatic carbocycles. The maximum Gasteiger partial charge on any atom is 0.251 e. The molecule has 1 fully saturated rings. The Hall–Kier alpha value is -3.33. The van der Waals surface area contributed by atoms with E-state index in [-0.39, 0.29) is 23.8 Å². The third-order valence-corrected chi connectivity index (χ3v) is 7.64. The van der Waals surface area contributed by atoms with Gasteiger partial charge >= 0.3 is 0 Å². The van der Waals surface area contributed by atoms with Crippen molar-refractivity contribution in [1.29, 1.82) is 0 Å². The first kappa shape index (κ1) is 26.7. The Morgan fingerprint density at radius 1 is 0.973 bits per heavy atom. The number of hydrogen-bond donors (Lipinski definition) is 1. The number of aryl methyl sites for hydroxylation is 1. The topological polar surface area (TPSA) is 83.4 Å². The highest BCUT2D eigenvalue weighted by Gasteiger charge is 2.27. The zero-order chi connectivity index (χ0) is 26.4. The van der Waals surface area contributed by atoms with Gasteiger partial charge in [0.15, 0.2) is 11.0 Å². The van der Waals surface area contributed by atoms with Gasteiger partial charge in [0.2, 0.25) is 5.91 Å². The minimum absolute atomic E-state index is 0.109. The molecule has 196 valence electrons. The molecule has 2 aromatic carbocycles. The van der Waals surface area contributed by atoms with Crippen LogP contribution in [0, 0.1) is 12.8 Å². The van der Waals surface area contributed by atoms with E-state index in [4.69, 9.17) is 0 Å². The number of benzene rings is 2. The van der Waals surface area contributed by atoms with Gasteiger partial charge in [0, 0.05) is 44.0 Å². The van der Waals surface area contributed by atoms with Crippen LogP contribution < -0.4 is 10.2 Å². The summed E-state index contributed by atoms with van der Waals surface area (Å²) < 4.78 is 2.01. The second-order valence-electron chi connectivity index (χ2n) is 9.64. The van der Waals surface area contributed by atoms with Gasteiger partial charge in [-0.05, 0) is 44.0 Å². The highest BCUT2D eigenvalue weighted by Crippen LogP contribution is 2.26. The van der Waals surface area contributed by atoms with Crippen molar-refractivity contribution < 1.29 is 9.59 Å². The predicted octanol–water partition coefficient (Wildman–Crippen LogP) is 4.17. The smallest absolute Gasteiger partial charge is 0.251 e. The number of rotatable bonds is 9. The first-order valence-electron chi connectivity index (χ1n) is 12.9. The lowest BCUT2D eigenvalue weighted by molar-refractivity contribution is -0.128. The lowest BCUT2D eigenvalue weighted by atomic mass is 10.0. The lowest BCUT2D eigenvalue weighted by Crippen LogP contribution is -2.49. The Labute approximate surface area is 223 Å². The van der Waals surface area contributed by atoms with Crippen molar-refractivity contribution >= 4 is 29.3 Å². The molecular weight excluding hydrogens is 484 g/mol. The molecule has 0 bridgehead atoms. The number of piperazine rings is 1.